The standard InChI is InChI=1S/C25H18BrNO3/c1-30-19-11-7-16(8-12-19)9-14-22(28)24-23(17-5-3-2-4-6-17)20-15-18(26)10-13-21(20)27-25(24)29/h2-15H,1H3,(H,27,29)/b14-9+. The van der Waals surface area contributed by atoms with Gasteiger partial charge in [-0.05, 0) is 47.5 Å². The zero-order valence-electron chi connectivity index (χ0n) is 16.2. The summed E-state index contributed by atoms with van der Waals surface area (Å²) in [5.41, 5.74) is 2.67. The monoisotopic (exact) mass is 459 g/mol. The third-order valence-corrected chi connectivity index (χ3v) is 5.32. The fourth-order valence-corrected chi connectivity index (χ4v) is 3.74. The molecule has 0 spiro atoms. The third kappa shape index (κ3) is 3.98. The van der Waals surface area contributed by atoms with E-state index in [-0.39, 0.29) is 11.3 Å². The predicted octanol–water partition coefficient (Wildman–Crippen LogP) is 5.86. The molecule has 4 rings (SSSR count). The number of carbonyl (C=O) groups excluding carboxylic acids is 1. The van der Waals surface area contributed by atoms with Crippen molar-refractivity contribution in [3.63, 3.8) is 0 Å². The van der Waals surface area contributed by atoms with Crippen LogP contribution in [0.4, 0.5) is 0 Å². The Balaban J connectivity index is 1.87. The average molecular weight is 460 g/mol. The summed E-state index contributed by atoms with van der Waals surface area (Å²) in [5, 5.41) is 0.802. The number of ether oxygens (including phenoxy) is 1. The van der Waals surface area contributed by atoms with Crippen LogP contribution in [0.3, 0.4) is 0 Å². The van der Waals surface area contributed by atoms with Gasteiger partial charge in [0.05, 0.1) is 12.7 Å². The Morgan fingerprint density at radius 3 is 2.43 bits per heavy atom. The van der Waals surface area contributed by atoms with Gasteiger partial charge in [0.25, 0.3) is 5.56 Å². The van der Waals surface area contributed by atoms with Crippen LogP contribution >= 0.6 is 15.9 Å². The Kier molecular flexibility index (Phi) is 5.63. The molecule has 0 aliphatic rings. The van der Waals surface area contributed by atoms with E-state index >= 15 is 0 Å². The molecule has 0 fully saturated rings. The lowest BCUT2D eigenvalue weighted by Gasteiger charge is -2.12. The number of pyridine rings is 1. The molecule has 3 aromatic carbocycles. The second kappa shape index (κ2) is 8.51. The van der Waals surface area contributed by atoms with Crippen LogP contribution in [-0.4, -0.2) is 17.9 Å². The molecule has 1 heterocycles. The highest BCUT2D eigenvalue weighted by atomic mass is 79.9. The molecule has 0 aliphatic heterocycles. The Morgan fingerprint density at radius 1 is 1.00 bits per heavy atom. The first kappa shape index (κ1) is 19.9. The number of methoxy groups -OCH3 is 1. The van der Waals surface area contributed by atoms with Gasteiger partial charge >= 0.3 is 0 Å². The zero-order chi connectivity index (χ0) is 21.1. The Hall–Kier alpha value is -3.44. The van der Waals surface area contributed by atoms with Crippen molar-refractivity contribution in [1.82, 2.24) is 4.98 Å². The molecular weight excluding hydrogens is 442 g/mol. The van der Waals surface area contributed by atoms with E-state index in [2.05, 4.69) is 20.9 Å². The molecular formula is C25H18BrNO3. The maximum Gasteiger partial charge on any atom is 0.260 e. The molecule has 0 atom stereocenters. The third-order valence-electron chi connectivity index (χ3n) is 4.83. The van der Waals surface area contributed by atoms with Crippen molar-refractivity contribution in [2.24, 2.45) is 0 Å². The fraction of sp³-hybridized carbons (Fsp3) is 0.0400. The number of aromatic nitrogens is 1. The van der Waals surface area contributed by atoms with Crippen molar-refractivity contribution in [3.8, 4) is 16.9 Å². The first-order valence-corrected chi connectivity index (χ1v) is 10.1. The summed E-state index contributed by atoms with van der Waals surface area (Å²) in [6.07, 6.45) is 3.13. The van der Waals surface area contributed by atoms with Crippen LogP contribution in [0, 0.1) is 0 Å². The molecule has 0 saturated heterocycles. The number of ketones is 1. The number of rotatable bonds is 5. The maximum absolute atomic E-state index is 13.1. The minimum atomic E-state index is -0.409. The minimum absolute atomic E-state index is 0.122. The van der Waals surface area contributed by atoms with Crippen molar-refractivity contribution in [2.45, 2.75) is 0 Å². The van der Waals surface area contributed by atoms with E-state index in [1.807, 2.05) is 72.8 Å². The predicted molar refractivity (Wildman–Crippen MR) is 124 cm³/mol. The lowest BCUT2D eigenvalue weighted by atomic mass is 9.94. The lowest BCUT2D eigenvalue weighted by Crippen LogP contribution is -2.18. The summed E-state index contributed by atoms with van der Waals surface area (Å²) < 4.78 is 6.02. The molecule has 0 radical (unpaired) electrons. The molecule has 148 valence electrons. The van der Waals surface area contributed by atoms with E-state index in [4.69, 9.17) is 4.74 Å². The van der Waals surface area contributed by atoms with Gasteiger partial charge < -0.3 is 9.72 Å². The first-order valence-electron chi connectivity index (χ1n) is 9.34. The van der Waals surface area contributed by atoms with Crippen molar-refractivity contribution < 1.29 is 9.53 Å². The summed E-state index contributed by atoms with van der Waals surface area (Å²) in [7, 11) is 1.60. The second-order valence-corrected chi connectivity index (χ2v) is 7.65. The largest absolute Gasteiger partial charge is 0.497 e. The van der Waals surface area contributed by atoms with Crippen molar-refractivity contribution >= 4 is 38.7 Å². The molecule has 1 N–H and O–H groups in total. The van der Waals surface area contributed by atoms with Gasteiger partial charge in [-0.3, -0.25) is 9.59 Å². The number of hydrogen-bond donors (Lipinski definition) is 1. The number of carbonyl (C=O) groups is 1. The van der Waals surface area contributed by atoms with Crippen molar-refractivity contribution in [2.75, 3.05) is 7.11 Å². The number of hydrogen-bond acceptors (Lipinski definition) is 3. The van der Waals surface area contributed by atoms with E-state index in [1.165, 1.54) is 6.08 Å². The number of fused-ring (bicyclic) bond motifs is 1. The number of halogens is 1. The Labute approximate surface area is 182 Å². The number of benzene rings is 3. The first-order chi connectivity index (χ1) is 14.6. The van der Waals surface area contributed by atoms with Gasteiger partial charge in [-0.2, -0.15) is 0 Å². The molecule has 0 bridgehead atoms. The quantitative estimate of drug-likeness (QED) is 0.300. The van der Waals surface area contributed by atoms with E-state index in [1.54, 1.807) is 13.2 Å². The number of nitrogens with one attached hydrogen (secondary N) is 1. The van der Waals surface area contributed by atoms with Gasteiger partial charge in [0, 0.05) is 20.9 Å². The highest BCUT2D eigenvalue weighted by Crippen LogP contribution is 2.31. The van der Waals surface area contributed by atoms with Crippen LogP contribution in [0.1, 0.15) is 15.9 Å². The molecule has 0 unspecified atom stereocenters. The van der Waals surface area contributed by atoms with E-state index < -0.39 is 5.56 Å². The van der Waals surface area contributed by atoms with Gasteiger partial charge in [-0.25, -0.2) is 0 Å². The normalized spacial score (nSPS) is 11.1. The van der Waals surface area contributed by atoms with Gasteiger partial charge in [0.15, 0.2) is 5.78 Å². The molecule has 1 aromatic heterocycles. The molecule has 4 nitrogen and oxygen atoms in total. The molecule has 5 heteroatoms. The topological polar surface area (TPSA) is 59.2 Å². The van der Waals surface area contributed by atoms with E-state index in [0.29, 0.717) is 11.1 Å². The smallest absolute Gasteiger partial charge is 0.260 e. The number of H-pyrrole nitrogens is 1. The van der Waals surface area contributed by atoms with Crippen LogP contribution in [0.2, 0.25) is 0 Å². The highest BCUT2D eigenvalue weighted by Gasteiger charge is 2.19. The summed E-state index contributed by atoms with van der Waals surface area (Å²) >= 11 is 3.49. The summed E-state index contributed by atoms with van der Waals surface area (Å²) in [4.78, 5) is 28.9. The summed E-state index contributed by atoms with van der Waals surface area (Å²) in [5.74, 6) is 0.384. The minimum Gasteiger partial charge on any atom is -0.497 e. The van der Waals surface area contributed by atoms with Crippen LogP contribution < -0.4 is 10.3 Å². The second-order valence-electron chi connectivity index (χ2n) is 6.73. The molecule has 0 aliphatic carbocycles. The maximum atomic E-state index is 13.1. The van der Waals surface area contributed by atoms with Crippen LogP contribution in [0.5, 0.6) is 5.75 Å². The molecule has 0 amide bonds. The SMILES string of the molecule is COc1ccc(/C=C/C(=O)c2c(-c3ccccc3)c3cc(Br)ccc3[nH]c2=O)cc1. The molecule has 0 saturated carbocycles. The van der Waals surface area contributed by atoms with Crippen LogP contribution in [-0.2, 0) is 0 Å². The fourth-order valence-electron chi connectivity index (χ4n) is 3.38. The Bertz CT molecular complexity index is 1310. The summed E-state index contributed by atoms with van der Waals surface area (Å²) in [6.45, 7) is 0. The highest BCUT2D eigenvalue weighted by molar-refractivity contribution is 9.10. The Morgan fingerprint density at radius 2 is 1.73 bits per heavy atom. The van der Waals surface area contributed by atoms with Crippen molar-refractivity contribution in [3.05, 3.63) is 105 Å². The lowest BCUT2D eigenvalue weighted by molar-refractivity contribution is 0.104. The molecule has 4 aromatic rings. The van der Waals surface area contributed by atoms with Gasteiger partial charge in [0.1, 0.15) is 5.75 Å². The summed E-state index contributed by atoms with van der Waals surface area (Å²) in [6, 6.07) is 22.4. The number of aromatic amines is 1. The average Bonchev–Trinajstić information content (AvgIpc) is 2.78. The molecule has 30 heavy (non-hydrogen) atoms. The zero-order valence-corrected chi connectivity index (χ0v) is 17.8. The van der Waals surface area contributed by atoms with E-state index in [0.717, 1.165) is 26.7 Å². The van der Waals surface area contributed by atoms with Crippen LogP contribution in [0.25, 0.3) is 28.1 Å². The van der Waals surface area contributed by atoms with Gasteiger partial charge in [-0.15, -0.1) is 0 Å². The van der Waals surface area contributed by atoms with Crippen molar-refractivity contribution in [1.29, 1.82) is 0 Å². The van der Waals surface area contributed by atoms with Crippen LogP contribution in [0.15, 0.2) is 88.1 Å². The number of allylic oxidation sites excluding steroid dienone is 1. The van der Waals surface area contributed by atoms with E-state index in [9.17, 15) is 9.59 Å². The van der Waals surface area contributed by atoms with Gasteiger partial charge in [-0.1, -0.05) is 64.5 Å². The van der Waals surface area contributed by atoms with Gasteiger partial charge in [0.2, 0.25) is 0 Å².